The minimum atomic E-state index is -0.209. The molecule has 5 nitrogen and oxygen atoms in total. The number of anilines is 1. The zero-order valence-electron chi connectivity index (χ0n) is 16.0. The first-order chi connectivity index (χ1) is 12.0. The third-order valence-corrected chi connectivity index (χ3v) is 5.59. The molecule has 0 saturated carbocycles. The third-order valence-electron chi connectivity index (χ3n) is 5.59. The van der Waals surface area contributed by atoms with E-state index in [0.717, 1.165) is 51.4 Å². The van der Waals surface area contributed by atoms with E-state index in [0.29, 0.717) is 5.92 Å². The van der Waals surface area contributed by atoms with Gasteiger partial charge in [-0.15, -0.1) is 24.8 Å². The first kappa shape index (κ1) is 24.0. The van der Waals surface area contributed by atoms with E-state index < -0.39 is 0 Å². The summed E-state index contributed by atoms with van der Waals surface area (Å²) in [6.45, 7) is 9.47. The van der Waals surface area contributed by atoms with Crippen LogP contribution in [-0.2, 0) is 4.79 Å². The standard InChI is InChI=1S/C19H29FN4O.2ClH/c1-14-7-8-21-13-18(14)22-19(25)15(2)23-9-11-24(12-10-23)17-5-3-16(20)4-6-17;;/h3-6,14-15,18,21H,7-13H2,1-2H3,(H,22,25);2*1H. The number of halogens is 3. The van der Waals surface area contributed by atoms with Crippen molar-refractivity contribution >= 4 is 36.4 Å². The molecule has 27 heavy (non-hydrogen) atoms. The summed E-state index contributed by atoms with van der Waals surface area (Å²) in [6, 6.07) is 6.74. The fourth-order valence-corrected chi connectivity index (χ4v) is 3.67. The van der Waals surface area contributed by atoms with Gasteiger partial charge in [0.05, 0.1) is 6.04 Å². The van der Waals surface area contributed by atoms with Gasteiger partial charge in [-0.25, -0.2) is 4.39 Å². The largest absolute Gasteiger partial charge is 0.369 e. The highest BCUT2D eigenvalue weighted by Crippen LogP contribution is 2.18. The van der Waals surface area contributed by atoms with Crippen LogP contribution in [0.1, 0.15) is 20.3 Å². The van der Waals surface area contributed by atoms with Gasteiger partial charge in [0.1, 0.15) is 5.82 Å². The highest BCUT2D eigenvalue weighted by molar-refractivity contribution is 5.85. The molecular weight excluding hydrogens is 390 g/mol. The van der Waals surface area contributed by atoms with Crippen LogP contribution in [0.3, 0.4) is 0 Å². The van der Waals surface area contributed by atoms with Gasteiger partial charge in [0, 0.05) is 44.5 Å². The first-order valence-corrected chi connectivity index (χ1v) is 9.30. The van der Waals surface area contributed by atoms with Crippen molar-refractivity contribution < 1.29 is 9.18 Å². The summed E-state index contributed by atoms with van der Waals surface area (Å²) in [5, 5.41) is 6.57. The van der Waals surface area contributed by atoms with Crippen LogP contribution < -0.4 is 15.5 Å². The molecular formula is C19H31Cl2FN4O. The van der Waals surface area contributed by atoms with E-state index in [1.165, 1.54) is 12.1 Å². The molecule has 0 bridgehead atoms. The van der Waals surface area contributed by atoms with Crippen LogP contribution in [0.15, 0.2) is 24.3 Å². The van der Waals surface area contributed by atoms with E-state index in [4.69, 9.17) is 0 Å². The Bertz CT molecular complexity index is 582. The van der Waals surface area contributed by atoms with Gasteiger partial charge < -0.3 is 15.5 Å². The molecule has 154 valence electrons. The van der Waals surface area contributed by atoms with Gasteiger partial charge in [-0.3, -0.25) is 9.69 Å². The zero-order chi connectivity index (χ0) is 17.8. The van der Waals surface area contributed by atoms with Crippen molar-refractivity contribution in [3.05, 3.63) is 30.1 Å². The quantitative estimate of drug-likeness (QED) is 0.784. The fraction of sp³-hybridized carbons (Fsp3) is 0.632. The van der Waals surface area contributed by atoms with E-state index >= 15 is 0 Å². The number of hydrogen-bond donors (Lipinski definition) is 2. The van der Waals surface area contributed by atoms with Crippen LogP contribution in [0.5, 0.6) is 0 Å². The van der Waals surface area contributed by atoms with Gasteiger partial charge in [0.2, 0.25) is 5.91 Å². The molecule has 3 unspecified atom stereocenters. The van der Waals surface area contributed by atoms with Gasteiger partial charge >= 0.3 is 0 Å². The van der Waals surface area contributed by atoms with Gasteiger partial charge in [0.15, 0.2) is 0 Å². The topological polar surface area (TPSA) is 47.6 Å². The second-order valence-corrected chi connectivity index (χ2v) is 7.26. The maximum atomic E-state index is 13.1. The molecule has 2 heterocycles. The Morgan fingerprint density at radius 1 is 1.19 bits per heavy atom. The predicted octanol–water partition coefficient (Wildman–Crippen LogP) is 2.29. The summed E-state index contributed by atoms with van der Waals surface area (Å²) in [5.41, 5.74) is 1.04. The van der Waals surface area contributed by atoms with Gasteiger partial charge in [-0.2, -0.15) is 0 Å². The number of amides is 1. The maximum Gasteiger partial charge on any atom is 0.237 e. The Hall–Kier alpha value is -1.08. The Kier molecular flexibility index (Phi) is 9.81. The Morgan fingerprint density at radius 3 is 2.41 bits per heavy atom. The third kappa shape index (κ3) is 6.21. The van der Waals surface area contributed by atoms with Crippen molar-refractivity contribution in [1.82, 2.24) is 15.5 Å². The lowest BCUT2D eigenvalue weighted by atomic mass is 9.94. The summed E-state index contributed by atoms with van der Waals surface area (Å²) in [5.74, 6) is 0.433. The minimum absolute atomic E-state index is 0. The maximum absolute atomic E-state index is 13.1. The molecule has 2 saturated heterocycles. The molecule has 8 heteroatoms. The Labute approximate surface area is 173 Å². The number of piperidine rings is 1. The molecule has 2 fully saturated rings. The normalized spacial score (nSPS) is 24.3. The van der Waals surface area contributed by atoms with Crippen molar-refractivity contribution in [2.24, 2.45) is 5.92 Å². The highest BCUT2D eigenvalue weighted by Gasteiger charge is 2.29. The van der Waals surface area contributed by atoms with Crippen molar-refractivity contribution in [1.29, 1.82) is 0 Å². The van der Waals surface area contributed by atoms with E-state index in [-0.39, 0.29) is 48.6 Å². The van der Waals surface area contributed by atoms with Gasteiger partial charge in [-0.1, -0.05) is 6.92 Å². The Morgan fingerprint density at radius 2 is 1.81 bits per heavy atom. The molecule has 2 N–H and O–H groups in total. The molecule has 3 atom stereocenters. The molecule has 0 spiro atoms. The summed E-state index contributed by atoms with van der Waals surface area (Å²) in [7, 11) is 0. The number of hydrogen-bond acceptors (Lipinski definition) is 4. The number of nitrogens with zero attached hydrogens (tertiary/aromatic N) is 2. The smallest absolute Gasteiger partial charge is 0.237 e. The van der Waals surface area contributed by atoms with E-state index in [2.05, 4.69) is 27.4 Å². The van der Waals surface area contributed by atoms with Gasteiger partial charge in [-0.05, 0) is 50.1 Å². The predicted molar refractivity (Wildman–Crippen MR) is 113 cm³/mol. The summed E-state index contributed by atoms with van der Waals surface area (Å²) < 4.78 is 13.1. The highest BCUT2D eigenvalue weighted by atomic mass is 35.5. The average Bonchev–Trinajstić information content (AvgIpc) is 2.64. The summed E-state index contributed by atoms with van der Waals surface area (Å²) in [4.78, 5) is 17.1. The fourth-order valence-electron chi connectivity index (χ4n) is 3.67. The number of rotatable bonds is 4. The van der Waals surface area contributed by atoms with Crippen molar-refractivity contribution in [3.63, 3.8) is 0 Å². The Balaban J connectivity index is 0.00000182. The van der Waals surface area contributed by atoms with Crippen LogP contribution >= 0.6 is 24.8 Å². The molecule has 0 radical (unpaired) electrons. The molecule has 0 aliphatic carbocycles. The number of carbonyl (C=O) groups is 1. The van der Waals surface area contributed by atoms with Gasteiger partial charge in [0.25, 0.3) is 0 Å². The lowest BCUT2D eigenvalue weighted by Gasteiger charge is -2.39. The zero-order valence-corrected chi connectivity index (χ0v) is 17.6. The molecule has 3 rings (SSSR count). The number of benzene rings is 1. The summed E-state index contributed by atoms with van der Waals surface area (Å²) >= 11 is 0. The lowest BCUT2D eigenvalue weighted by Crippen LogP contribution is -2.57. The molecule has 2 aliphatic heterocycles. The second kappa shape index (κ2) is 11.1. The van der Waals surface area contributed by atoms with Crippen LogP contribution in [0.25, 0.3) is 0 Å². The SMILES string of the molecule is CC1CCNCC1NC(=O)C(C)N1CCN(c2ccc(F)cc2)CC1.Cl.Cl. The minimum Gasteiger partial charge on any atom is -0.369 e. The van der Waals surface area contributed by atoms with Crippen molar-refractivity contribution in [3.8, 4) is 0 Å². The van der Waals surface area contributed by atoms with Crippen LogP contribution in [0, 0.1) is 11.7 Å². The number of piperazine rings is 1. The van der Waals surface area contributed by atoms with Crippen molar-refractivity contribution in [2.45, 2.75) is 32.4 Å². The first-order valence-electron chi connectivity index (χ1n) is 9.30. The van der Waals surface area contributed by atoms with Crippen LogP contribution in [-0.4, -0.2) is 62.2 Å². The van der Waals surface area contributed by atoms with Crippen molar-refractivity contribution in [2.75, 3.05) is 44.2 Å². The molecule has 1 aromatic rings. The average molecular weight is 421 g/mol. The molecule has 2 aliphatic rings. The molecule has 0 aromatic heterocycles. The van der Waals surface area contributed by atoms with Crippen LogP contribution in [0.4, 0.5) is 10.1 Å². The van der Waals surface area contributed by atoms with E-state index in [1.807, 2.05) is 19.1 Å². The lowest BCUT2D eigenvalue weighted by molar-refractivity contribution is -0.127. The van der Waals surface area contributed by atoms with E-state index in [9.17, 15) is 9.18 Å². The monoisotopic (exact) mass is 420 g/mol. The molecule has 1 aromatic carbocycles. The van der Waals surface area contributed by atoms with Crippen LogP contribution in [0.2, 0.25) is 0 Å². The van der Waals surface area contributed by atoms with E-state index in [1.54, 1.807) is 0 Å². The summed E-state index contributed by atoms with van der Waals surface area (Å²) in [6.07, 6.45) is 1.11. The molecule has 1 amide bonds. The number of carbonyl (C=O) groups excluding carboxylic acids is 1. The number of nitrogens with one attached hydrogen (secondary N) is 2. The second-order valence-electron chi connectivity index (χ2n) is 7.26.